The number of anilines is 1. The maximum atomic E-state index is 11.0. The second-order valence-corrected chi connectivity index (χ2v) is 4.39. The van der Waals surface area contributed by atoms with Crippen molar-refractivity contribution in [3.05, 3.63) is 29.3 Å². The average Bonchev–Trinajstić information content (AvgIpc) is 2.35. The molecule has 4 N–H and O–H groups in total. The smallest absolute Gasteiger partial charge is 0.248 e. The Bertz CT molecular complexity index is 391. The minimum absolute atomic E-state index is 0.430. The molecule has 0 aromatic heterocycles. The van der Waals surface area contributed by atoms with Gasteiger partial charge in [-0.2, -0.15) is 0 Å². The molecule has 0 aliphatic rings. The molecule has 0 bridgehead atoms. The number of amides is 1. The Labute approximate surface area is 108 Å². The van der Waals surface area contributed by atoms with Crippen LogP contribution in [0, 0.1) is 0 Å². The van der Waals surface area contributed by atoms with Gasteiger partial charge in [0, 0.05) is 23.4 Å². The van der Waals surface area contributed by atoms with Gasteiger partial charge in [0.25, 0.3) is 0 Å². The molecule has 1 rings (SSSR count). The molecule has 1 aromatic carbocycles. The van der Waals surface area contributed by atoms with E-state index >= 15 is 0 Å². The minimum Gasteiger partial charge on any atom is -0.398 e. The van der Waals surface area contributed by atoms with Crippen molar-refractivity contribution in [2.75, 3.05) is 12.3 Å². The first-order valence-corrected chi connectivity index (χ1v) is 6.41. The van der Waals surface area contributed by atoms with Crippen molar-refractivity contribution in [2.45, 2.75) is 39.2 Å². The zero-order chi connectivity index (χ0) is 13.4. The lowest BCUT2D eigenvalue weighted by molar-refractivity contribution is 0.1000. The van der Waals surface area contributed by atoms with Gasteiger partial charge in [0.15, 0.2) is 0 Å². The summed E-state index contributed by atoms with van der Waals surface area (Å²) < 4.78 is 5.55. The van der Waals surface area contributed by atoms with Gasteiger partial charge in [0.05, 0.1) is 6.61 Å². The molecule has 0 saturated carbocycles. The molecule has 0 radical (unpaired) electrons. The highest BCUT2D eigenvalue weighted by atomic mass is 16.5. The van der Waals surface area contributed by atoms with E-state index in [1.165, 1.54) is 19.3 Å². The number of ether oxygens (including phenoxy) is 1. The summed E-state index contributed by atoms with van der Waals surface area (Å²) in [7, 11) is 0. The number of benzene rings is 1. The molecule has 0 aliphatic carbocycles. The van der Waals surface area contributed by atoms with E-state index in [1.807, 2.05) is 0 Å². The number of carbonyl (C=O) groups is 1. The van der Waals surface area contributed by atoms with Crippen molar-refractivity contribution in [1.29, 1.82) is 0 Å². The Morgan fingerprint density at radius 3 is 2.67 bits per heavy atom. The SMILES string of the molecule is CCCCCCOCc1ccc(C(N)=O)cc1N. The number of primary amides is 1. The predicted molar refractivity (Wildman–Crippen MR) is 73.2 cm³/mol. The fraction of sp³-hybridized carbons (Fsp3) is 0.500. The third-order valence-electron chi connectivity index (χ3n) is 2.83. The highest BCUT2D eigenvalue weighted by Crippen LogP contribution is 2.15. The van der Waals surface area contributed by atoms with Crippen LogP contribution in [0.4, 0.5) is 5.69 Å². The quantitative estimate of drug-likeness (QED) is 0.549. The second kappa shape index (κ2) is 7.71. The van der Waals surface area contributed by atoms with Gasteiger partial charge in [-0.25, -0.2) is 0 Å². The Balaban J connectivity index is 2.36. The van der Waals surface area contributed by atoms with Crippen LogP contribution in [0.1, 0.15) is 48.5 Å². The summed E-state index contributed by atoms with van der Waals surface area (Å²) >= 11 is 0. The van der Waals surface area contributed by atoms with Crippen LogP contribution in [0.3, 0.4) is 0 Å². The normalized spacial score (nSPS) is 10.5. The number of nitrogen functional groups attached to an aromatic ring is 1. The molecule has 1 aromatic rings. The van der Waals surface area contributed by atoms with E-state index in [0.29, 0.717) is 17.9 Å². The van der Waals surface area contributed by atoms with E-state index in [0.717, 1.165) is 18.6 Å². The Kier molecular flexibility index (Phi) is 6.22. The topological polar surface area (TPSA) is 78.3 Å². The highest BCUT2D eigenvalue weighted by molar-refractivity contribution is 5.93. The standard InChI is InChI=1S/C14H22N2O2/c1-2-3-4-5-8-18-10-12-7-6-11(14(16)17)9-13(12)15/h6-7,9H,2-5,8,10,15H2,1H3,(H2,16,17). The first-order valence-electron chi connectivity index (χ1n) is 6.41. The number of carbonyl (C=O) groups excluding carboxylic acids is 1. The number of rotatable bonds is 8. The molecule has 4 heteroatoms. The maximum absolute atomic E-state index is 11.0. The lowest BCUT2D eigenvalue weighted by Crippen LogP contribution is -2.12. The summed E-state index contributed by atoms with van der Waals surface area (Å²) in [6, 6.07) is 5.06. The zero-order valence-corrected chi connectivity index (χ0v) is 10.9. The first-order chi connectivity index (χ1) is 8.65. The largest absolute Gasteiger partial charge is 0.398 e. The molecule has 4 nitrogen and oxygen atoms in total. The highest BCUT2D eigenvalue weighted by Gasteiger charge is 2.04. The molecular weight excluding hydrogens is 228 g/mol. The molecule has 0 unspecified atom stereocenters. The summed E-state index contributed by atoms with van der Waals surface area (Å²) in [6.45, 7) is 3.41. The monoisotopic (exact) mass is 250 g/mol. The third kappa shape index (κ3) is 4.75. The summed E-state index contributed by atoms with van der Waals surface area (Å²) in [5.41, 5.74) is 12.9. The Morgan fingerprint density at radius 1 is 1.28 bits per heavy atom. The van der Waals surface area contributed by atoms with Gasteiger partial charge in [0.1, 0.15) is 0 Å². The summed E-state index contributed by atoms with van der Waals surface area (Å²) in [5.74, 6) is -0.464. The molecule has 0 heterocycles. The average molecular weight is 250 g/mol. The molecule has 100 valence electrons. The van der Waals surface area contributed by atoms with Gasteiger partial charge in [-0.15, -0.1) is 0 Å². The lowest BCUT2D eigenvalue weighted by atomic mass is 10.1. The predicted octanol–water partition coefficient (Wildman–Crippen LogP) is 2.46. The zero-order valence-electron chi connectivity index (χ0n) is 10.9. The molecule has 0 fully saturated rings. The van der Waals surface area contributed by atoms with E-state index in [1.54, 1.807) is 18.2 Å². The fourth-order valence-electron chi connectivity index (χ4n) is 1.69. The van der Waals surface area contributed by atoms with Gasteiger partial charge in [-0.1, -0.05) is 32.3 Å². The van der Waals surface area contributed by atoms with Crippen LogP contribution in [0.25, 0.3) is 0 Å². The molecule has 0 aliphatic heterocycles. The minimum atomic E-state index is -0.464. The number of hydrogen-bond donors (Lipinski definition) is 2. The van der Waals surface area contributed by atoms with Crippen molar-refractivity contribution >= 4 is 11.6 Å². The van der Waals surface area contributed by atoms with Crippen LogP contribution in [-0.4, -0.2) is 12.5 Å². The van der Waals surface area contributed by atoms with Crippen LogP contribution < -0.4 is 11.5 Å². The van der Waals surface area contributed by atoms with Crippen LogP contribution in [0.5, 0.6) is 0 Å². The van der Waals surface area contributed by atoms with E-state index in [2.05, 4.69) is 6.92 Å². The fourth-order valence-corrected chi connectivity index (χ4v) is 1.69. The third-order valence-corrected chi connectivity index (χ3v) is 2.83. The van der Waals surface area contributed by atoms with Gasteiger partial charge in [-0.05, 0) is 18.6 Å². The van der Waals surface area contributed by atoms with Crippen LogP contribution >= 0.6 is 0 Å². The van der Waals surface area contributed by atoms with Crippen molar-refractivity contribution < 1.29 is 9.53 Å². The van der Waals surface area contributed by atoms with Crippen LogP contribution in [-0.2, 0) is 11.3 Å². The van der Waals surface area contributed by atoms with E-state index < -0.39 is 5.91 Å². The van der Waals surface area contributed by atoms with E-state index in [-0.39, 0.29) is 0 Å². The van der Waals surface area contributed by atoms with Crippen LogP contribution in [0.2, 0.25) is 0 Å². The van der Waals surface area contributed by atoms with Gasteiger partial charge < -0.3 is 16.2 Å². The Hall–Kier alpha value is -1.55. The number of unbranched alkanes of at least 4 members (excludes halogenated alkanes) is 3. The van der Waals surface area contributed by atoms with Crippen molar-refractivity contribution in [2.24, 2.45) is 5.73 Å². The summed E-state index contributed by atoms with van der Waals surface area (Å²) in [5, 5.41) is 0. The molecular formula is C14H22N2O2. The van der Waals surface area contributed by atoms with E-state index in [9.17, 15) is 4.79 Å². The Morgan fingerprint density at radius 2 is 2.06 bits per heavy atom. The molecule has 0 atom stereocenters. The van der Waals surface area contributed by atoms with Gasteiger partial charge in [0.2, 0.25) is 5.91 Å². The molecule has 0 spiro atoms. The first kappa shape index (κ1) is 14.5. The summed E-state index contributed by atoms with van der Waals surface area (Å²) in [4.78, 5) is 11.0. The lowest BCUT2D eigenvalue weighted by Gasteiger charge is -2.08. The van der Waals surface area contributed by atoms with Crippen molar-refractivity contribution in [3.8, 4) is 0 Å². The second-order valence-electron chi connectivity index (χ2n) is 4.39. The molecule has 0 saturated heterocycles. The van der Waals surface area contributed by atoms with E-state index in [4.69, 9.17) is 16.2 Å². The molecule has 18 heavy (non-hydrogen) atoms. The van der Waals surface area contributed by atoms with Crippen molar-refractivity contribution in [1.82, 2.24) is 0 Å². The van der Waals surface area contributed by atoms with Crippen molar-refractivity contribution in [3.63, 3.8) is 0 Å². The summed E-state index contributed by atoms with van der Waals surface area (Å²) in [6.07, 6.45) is 4.75. The van der Waals surface area contributed by atoms with Gasteiger partial charge in [-0.3, -0.25) is 4.79 Å². The van der Waals surface area contributed by atoms with Crippen LogP contribution in [0.15, 0.2) is 18.2 Å². The number of nitrogens with two attached hydrogens (primary N) is 2. The van der Waals surface area contributed by atoms with Gasteiger partial charge >= 0.3 is 0 Å². The number of hydrogen-bond acceptors (Lipinski definition) is 3. The maximum Gasteiger partial charge on any atom is 0.248 e. The molecule has 1 amide bonds.